The molecule has 1 aromatic heterocycles. The minimum absolute atomic E-state index is 0.130. The second kappa shape index (κ2) is 7.49. The quantitative estimate of drug-likeness (QED) is 0.927. The lowest BCUT2D eigenvalue weighted by molar-refractivity contribution is 0.0880. The molecule has 0 saturated carbocycles. The zero-order chi connectivity index (χ0) is 17.8. The van der Waals surface area contributed by atoms with Crippen LogP contribution >= 0.6 is 0 Å². The minimum Gasteiger partial charge on any atom is -0.352 e. The molecule has 1 fully saturated rings. The van der Waals surface area contributed by atoms with E-state index in [0.717, 1.165) is 19.4 Å². The van der Waals surface area contributed by atoms with E-state index in [2.05, 4.69) is 34.5 Å². The number of aromatic nitrogens is 2. The van der Waals surface area contributed by atoms with Crippen LogP contribution in [0.1, 0.15) is 40.5 Å². The molecule has 2 atom stereocenters. The summed E-state index contributed by atoms with van der Waals surface area (Å²) in [5, 5.41) is 16.3. The average molecular weight is 337 g/mol. The second-order valence-electron chi connectivity index (χ2n) is 6.61. The smallest absolute Gasteiger partial charge is 0.251 e. The first-order valence-electron chi connectivity index (χ1n) is 8.56. The van der Waals surface area contributed by atoms with Crippen molar-refractivity contribution in [3.05, 3.63) is 53.3 Å². The highest BCUT2D eigenvalue weighted by Crippen LogP contribution is 2.34. The molecule has 6 heteroatoms. The largest absolute Gasteiger partial charge is 0.352 e. The van der Waals surface area contributed by atoms with Crippen molar-refractivity contribution in [3.63, 3.8) is 0 Å². The number of piperidine rings is 1. The number of hydrogen-bond donors (Lipinski definition) is 1. The van der Waals surface area contributed by atoms with Crippen molar-refractivity contribution in [2.24, 2.45) is 13.0 Å². The number of nitriles is 1. The number of rotatable bonds is 4. The van der Waals surface area contributed by atoms with E-state index >= 15 is 0 Å². The number of nitrogens with one attached hydrogen (secondary N) is 1. The Balaban J connectivity index is 1.71. The molecule has 3 rings (SSSR count). The Labute approximate surface area is 148 Å². The Morgan fingerprint density at radius 2 is 2.24 bits per heavy atom. The van der Waals surface area contributed by atoms with Gasteiger partial charge in [0, 0.05) is 25.4 Å². The second-order valence-corrected chi connectivity index (χ2v) is 6.61. The van der Waals surface area contributed by atoms with Gasteiger partial charge in [0.15, 0.2) is 0 Å². The molecule has 2 aromatic rings. The molecule has 1 aromatic carbocycles. The Morgan fingerprint density at radius 3 is 2.96 bits per heavy atom. The lowest BCUT2D eigenvalue weighted by Gasteiger charge is -2.39. The monoisotopic (exact) mass is 337 g/mol. The summed E-state index contributed by atoms with van der Waals surface area (Å²) in [7, 11) is 4.09. The summed E-state index contributed by atoms with van der Waals surface area (Å²) in [4.78, 5) is 14.8. The van der Waals surface area contributed by atoms with Crippen LogP contribution in [0.25, 0.3) is 0 Å². The highest BCUT2D eigenvalue weighted by molar-refractivity contribution is 5.94. The van der Waals surface area contributed by atoms with Crippen molar-refractivity contribution in [2.75, 3.05) is 20.1 Å². The molecule has 25 heavy (non-hydrogen) atoms. The standard InChI is InChI=1S/C19H23N5O/c1-23-10-4-7-16(18(23)17-8-9-22-24(17)2)13-21-19(25)15-6-3-5-14(11-15)12-20/h3,5-6,8-9,11,16,18H,4,7,10,13H2,1-2H3,(H,21,25)/t16-,18+/m0/s1. The van der Waals surface area contributed by atoms with E-state index in [9.17, 15) is 4.79 Å². The van der Waals surface area contributed by atoms with Gasteiger partial charge in [0.05, 0.1) is 23.4 Å². The molecular formula is C19H23N5O. The third kappa shape index (κ3) is 3.72. The molecule has 0 bridgehead atoms. The molecular weight excluding hydrogens is 314 g/mol. The van der Waals surface area contributed by atoms with Gasteiger partial charge in [0.25, 0.3) is 5.91 Å². The van der Waals surface area contributed by atoms with Crippen molar-refractivity contribution in [3.8, 4) is 6.07 Å². The highest BCUT2D eigenvalue weighted by Gasteiger charge is 2.32. The van der Waals surface area contributed by atoms with Gasteiger partial charge in [-0.05, 0) is 56.6 Å². The van der Waals surface area contributed by atoms with Crippen LogP contribution in [0.2, 0.25) is 0 Å². The predicted molar refractivity (Wildman–Crippen MR) is 94.8 cm³/mol. The van der Waals surface area contributed by atoms with E-state index in [0.29, 0.717) is 23.6 Å². The minimum atomic E-state index is -0.130. The van der Waals surface area contributed by atoms with Gasteiger partial charge in [-0.15, -0.1) is 0 Å². The van der Waals surface area contributed by atoms with Gasteiger partial charge >= 0.3 is 0 Å². The van der Waals surface area contributed by atoms with Gasteiger partial charge in [-0.1, -0.05) is 6.07 Å². The normalized spacial score (nSPS) is 20.8. The number of amides is 1. The Kier molecular flexibility index (Phi) is 5.15. The lowest BCUT2D eigenvalue weighted by atomic mass is 9.87. The first-order chi connectivity index (χ1) is 12.1. The maximum Gasteiger partial charge on any atom is 0.251 e. The fourth-order valence-corrected chi connectivity index (χ4v) is 3.67. The Morgan fingerprint density at radius 1 is 1.40 bits per heavy atom. The van der Waals surface area contributed by atoms with Crippen LogP contribution in [-0.2, 0) is 7.05 Å². The van der Waals surface area contributed by atoms with Gasteiger partial charge in [-0.3, -0.25) is 14.4 Å². The van der Waals surface area contributed by atoms with Crippen LogP contribution in [-0.4, -0.2) is 40.7 Å². The first kappa shape index (κ1) is 17.2. The summed E-state index contributed by atoms with van der Waals surface area (Å²) in [6, 6.07) is 11.2. The van der Waals surface area contributed by atoms with Crippen LogP contribution < -0.4 is 5.32 Å². The number of aryl methyl sites for hydroxylation is 1. The molecule has 1 aliphatic heterocycles. The molecule has 0 unspecified atom stereocenters. The third-order valence-electron chi connectivity index (χ3n) is 4.95. The third-order valence-corrected chi connectivity index (χ3v) is 4.95. The zero-order valence-electron chi connectivity index (χ0n) is 14.6. The number of benzene rings is 1. The summed E-state index contributed by atoms with van der Waals surface area (Å²) >= 11 is 0. The molecule has 2 heterocycles. The van der Waals surface area contributed by atoms with Crippen LogP contribution in [0.3, 0.4) is 0 Å². The maximum absolute atomic E-state index is 12.4. The number of hydrogen-bond acceptors (Lipinski definition) is 4. The number of carbonyl (C=O) groups is 1. The van der Waals surface area contributed by atoms with Crippen molar-refractivity contribution >= 4 is 5.91 Å². The van der Waals surface area contributed by atoms with Crippen molar-refractivity contribution in [1.82, 2.24) is 20.0 Å². The maximum atomic E-state index is 12.4. The SMILES string of the molecule is CN1CCC[C@@H](CNC(=O)c2cccc(C#N)c2)[C@@H]1c1ccnn1C. The number of carbonyl (C=O) groups excluding carboxylic acids is 1. The van der Waals surface area contributed by atoms with Crippen LogP contribution in [0.15, 0.2) is 36.5 Å². The van der Waals surface area contributed by atoms with Crippen molar-refractivity contribution in [2.45, 2.75) is 18.9 Å². The Hall–Kier alpha value is -2.65. The summed E-state index contributed by atoms with van der Waals surface area (Å²) < 4.78 is 1.91. The summed E-state index contributed by atoms with van der Waals surface area (Å²) in [5.41, 5.74) is 2.20. The number of likely N-dealkylation sites (tertiary alicyclic amines) is 1. The molecule has 0 spiro atoms. The molecule has 1 amide bonds. The van der Waals surface area contributed by atoms with Crippen molar-refractivity contribution in [1.29, 1.82) is 5.26 Å². The van der Waals surface area contributed by atoms with Gasteiger partial charge < -0.3 is 5.32 Å². The van der Waals surface area contributed by atoms with E-state index in [1.54, 1.807) is 24.3 Å². The van der Waals surface area contributed by atoms with E-state index in [1.807, 2.05) is 17.9 Å². The van der Waals surface area contributed by atoms with Crippen molar-refractivity contribution < 1.29 is 4.79 Å². The zero-order valence-corrected chi connectivity index (χ0v) is 14.6. The average Bonchev–Trinajstić information content (AvgIpc) is 3.05. The van der Waals surface area contributed by atoms with E-state index in [-0.39, 0.29) is 11.9 Å². The molecule has 1 saturated heterocycles. The van der Waals surface area contributed by atoms with Gasteiger partial charge in [-0.25, -0.2) is 0 Å². The predicted octanol–water partition coefficient (Wildman–Crippen LogP) is 2.10. The molecule has 0 radical (unpaired) electrons. The van der Waals surface area contributed by atoms with Gasteiger partial charge in [0.2, 0.25) is 0 Å². The first-order valence-corrected chi connectivity index (χ1v) is 8.56. The lowest BCUT2D eigenvalue weighted by Crippen LogP contribution is -2.42. The van der Waals surface area contributed by atoms with Gasteiger partial charge in [-0.2, -0.15) is 10.4 Å². The Bertz CT molecular complexity index is 791. The topological polar surface area (TPSA) is 74.0 Å². The molecule has 0 aliphatic carbocycles. The van der Waals surface area contributed by atoms with E-state index < -0.39 is 0 Å². The van der Waals surface area contributed by atoms with E-state index in [1.165, 1.54) is 5.69 Å². The highest BCUT2D eigenvalue weighted by atomic mass is 16.1. The number of nitrogens with zero attached hydrogens (tertiary/aromatic N) is 4. The summed E-state index contributed by atoms with van der Waals surface area (Å²) in [6.45, 7) is 1.65. The fraction of sp³-hybridized carbons (Fsp3) is 0.421. The molecule has 130 valence electrons. The molecule has 6 nitrogen and oxygen atoms in total. The van der Waals surface area contributed by atoms with E-state index in [4.69, 9.17) is 5.26 Å². The van der Waals surface area contributed by atoms with Gasteiger partial charge in [0.1, 0.15) is 0 Å². The summed E-state index contributed by atoms with van der Waals surface area (Å²) in [6.07, 6.45) is 4.01. The molecule has 1 N–H and O–H groups in total. The van der Waals surface area contributed by atoms with Crippen LogP contribution in [0.4, 0.5) is 0 Å². The van der Waals surface area contributed by atoms with Crippen LogP contribution in [0.5, 0.6) is 0 Å². The molecule has 1 aliphatic rings. The fourth-order valence-electron chi connectivity index (χ4n) is 3.67. The summed E-state index contributed by atoms with van der Waals surface area (Å²) in [5.74, 6) is 0.200. The van der Waals surface area contributed by atoms with Crippen LogP contribution in [0, 0.1) is 17.2 Å².